The molecule has 0 aliphatic carbocycles. The fraction of sp³-hybridized carbons (Fsp3) is 0.619. The van der Waals surface area contributed by atoms with Gasteiger partial charge in [-0.1, -0.05) is 6.42 Å². The number of hydrogen-bond donors (Lipinski definition) is 2. The van der Waals surface area contributed by atoms with Gasteiger partial charge in [0.15, 0.2) is 0 Å². The number of imidazole rings is 1. The van der Waals surface area contributed by atoms with Crippen LogP contribution in [0.15, 0.2) is 18.3 Å². The second kappa shape index (κ2) is 7.04. The number of aliphatic hydroxyl groups is 1. The van der Waals surface area contributed by atoms with Crippen LogP contribution in [-0.4, -0.2) is 54.1 Å². The van der Waals surface area contributed by atoms with Gasteiger partial charge in [0.05, 0.1) is 35.4 Å². The topological polar surface area (TPSA) is 85.1 Å². The van der Waals surface area contributed by atoms with E-state index in [1.54, 1.807) is 6.92 Å². The van der Waals surface area contributed by atoms with Crippen LogP contribution in [0.1, 0.15) is 53.0 Å². The van der Waals surface area contributed by atoms with Crippen molar-refractivity contribution in [2.24, 2.45) is 0 Å². The molecule has 3 N–H and O–H groups in total. The summed E-state index contributed by atoms with van der Waals surface area (Å²) in [6, 6.07) is 4.33. The molecular weight excluding hydrogens is 352 g/mol. The summed E-state index contributed by atoms with van der Waals surface area (Å²) in [5, 5.41) is 15.4. The van der Waals surface area contributed by atoms with Crippen LogP contribution in [0.2, 0.25) is 0 Å². The number of aliphatic hydroxyl groups excluding tert-OH is 1. The van der Waals surface area contributed by atoms with Crippen molar-refractivity contribution in [2.75, 3.05) is 18.8 Å². The van der Waals surface area contributed by atoms with Crippen molar-refractivity contribution >= 4 is 27.9 Å². The van der Waals surface area contributed by atoms with E-state index < -0.39 is 6.10 Å². The van der Waals surface area contributed by atoms with E-state index in [0.717, 1.165) is 41.4 Å². The van der Waals surface area contributed by atoms with Gasteiger partial charge < -0.3 is 15.4 Å². The monoisotopic (exact) mass is 384 g/mol. The predicted octanol–water partition coefficient (Wildman–Crippen LogP) is 3.17. The molecule has 7 nitrogen and oxygen atoms in total. The van der Waals surface area contributed by atoms with Crippen molar-refractivity contribution in [3.8, 4) is 0 Å². The lowest BCUT2D eigenvalue weighted by Crippen LogP contribution is -2.44. The van der Waals surface area contributed by atoms with Crippen LogP contribution in [0.3, 0.4) is 0 Å². The molecule has 3 aromatic rings. The molecule has 1 aliphatic rings. The summed E-state index contributed by atoms with van der Waals surface area (Å²) in [4.78, 5) is 7.22. The highest BCUT2D eigenvalue weighted by Gasteiger charge is 2.29. The van der Waals surface area contributed by atoms with E-state index in [0.29, 0.717) is 12.5 Å². The van der Waals surface area contributed by atoms with Gasteiger partial charge in [-0.25, -0.2) is 4.98 Å². The summed E-state index contributed by atoms with van der Waals surface area (Å²) in [5.41, 5.74) is 9.55. The van der Waals surface area contributed by atoms with E-state index in [4.69, 9.17) is 5.73 Å². The van der Waals surface area contributed by atoms with Crippen LogP contribution in [0.25, 0.3) is 21.9 Å². The maximum Gasteiger partial charge on any atom is 0.201 e. The number of hydrogen-bond acceptors (Lipinski definition) is 5. The summed E-state index contributed by atoms with van der Waals surface area (Å²) in [6.45, 7) is 11.2. The van der Waals surface area contributed by atoms with Crippen molar-refractivity contribution in [1.82, 2.24) is 24.2 Å². The second-order valence-corrected chi connectivity index (χ2v) is 9.15. The minimum atomic E-state index is -0.448. The number of benzene rings is 1. The molecule has 1 aromatic carbocycles. The van der Waals surface area contributed by atoms with Gasteiger partial charge in [-0.2, -0.15) is 5.10 Å². The van der Waals surface area contributed by atoms with Gasteiger partial charge in [0.2, 0.25) is 5.95 Å². The summed E-state index contributed by atoms with van der Waals surface area (Å²) in [5.74, 6) is 0.575. The molecule has 0 saturated carbocycles. The van der Waals surface area contributed by atoms with Gasteiger partial charge in [0, 0.05) is 23.5 Å². The van der Waals surface area contributed by atoms with Gasteiger partial charge in [-0.3, -0.25) is 9.58 Å². The molecule has 0 radical (unpaired) electrons. The van der Waals surface area contributed by atoms with Crippen molar-refractivity contribution in [3.05, 3.63) is 18.3 Å². The van der Waals surface area contributed by atoms with Gasteiger partial charge >= 0.3 is 0 Å². The molecule has 1 fully saturated rings. The number of rotatable bonds is 3. The second-order valence-electron chi connectivity index (χ2n) is 9.15. The summed E-state index contributed by atoms with van der Waals surface area (Å²) in [7, 11) is 0. The van der Waals surface area contributed by atoms with E-state index in [2.05, 4.69) is 40.3 Å². The Labute approximate surface area is 166 Å². The zero-order chi connectivity index (χ0) is 20.1. The Balaban J connectivity index is 1.84. The highest BCUT2D eigenvalue weighted by Crippen LogP contribution is 2.34. The van der Waals surface area contributed by atoms with Gasteiger partial charge in [-0.15, -0.1) is 0 Å². The third-order valence-electron chi connectivity index (χ3n) is 5.90. The highest BCUT2D eigenvalue weighted by atomic mass is 16.3. The van der Waals surface area contributed by atoms with Crippen LogP contribution in [0.4, 0.5) is 5.95 Å². The summed E-state index contributed by atoms with van der Waals surface area (Å²) in [6.07, 6.45) is 4.93. The molecule has 0 bridgehead atoms. The van der Waals surface area contributed by atoms with Crippen LogP contribution < -0.4 is 5.73 Å². The first kappa shape index (κ1) is 19.2. The van der Waals surface area contributed by atoms with Crippen LogP contribution in [-0.2, 0) is 6.54 Å². The third kappa shape index (κ3) is 3.37. The molecule has 0 amide bonds. The standard InChI is InChI=1S/C21H32N6O/c1-14(28)12-26-18-9-8-17-19(16(18)11-23-26)27(20(22)24-17)15-7-5-6-10-25(13-15)21(2,3)4/h8-9,11,14-15,28H,5-7,10,12-13H2,1-4H3,(H2,22,24)/t14-,15-/m1/s1. The molecule has 0 unspecified atom stereocenters. The van der Waals surface area contributed by atoms with Gasteiger partial charge in [-0.05, 0) is 59.2 Å². The molecule has 1 aliphatic heterocycles. The molecule has 28 heavy (non-hydrogen) atoms. The molecule has 7 heteroatoms. The smallest absolute Gasteiger partial charge is 0.201 e. The van der Waals surface area contributed by atoms with Crippen molar-refractivity contribution in [3.63, 3.8) is 0 Å². The predicted molar refractivity (Wildman–Crippen MR) is 113 cm³/mol. The van der Waals surface area contributed by atoms with Crippen LogP contribution >= 0.6 is 0 Å². The molecule has 2 atom stereocenters. The van der Waals surface area contributed by atoms with Crippen LogP contribution in [0, 0.1) is 0 Å². The number of fused-ring (bicyclic) bond motifs is 3. The van der Waals surface area contributed by atoms with Crippen molar-refractivity contribution < 1.29 is 5.11 Å². The summed E-state index contributed by atoms with van der Waals surface area (Å²) >= 11 is 0. The quantitative estimate of drug-likeness (QED) is 0.724. The maximum atomic E-state index is 9.79. The lowest BCUT2D eigenvalue weighted by molar-refractivity contribution is 0.126. The SMILES string of the molecule is C[C@@H](O)Cn1ncc2c1ccc1nc(N)n([C@@H]3CCCCN(C(C)(C)C)C3)c12. The van der Waals surface area contributed by atoms with E-state index >= 15 is 0 Å². The van der Waals surface area contributed by atoms with Gasteiger partial charge in [0.1, 0.15) is 0 Å². The molecule has 4 rings (SSSR count). The van der Waals surface area contributed by atoms with Crippen LogP contribution in [0.5, 0.6) is 0 Å². The highest BCUT2D eigenvalue weighted by molar-refractivity contribution is 6.03. The first-order chi connectivity index (χ1) is 13.3. The Morgan fingerprint density at radius 1 is 1.29 bits per heavy atom. The minimum absolute atomic E-state index is 0.130. The Bertz CT molecular complexity index is 980. The van der Waals surface area contributed by atoms with E-state index in [9.17, 15) is 5.11 Å². The first-order valence-electron chi connectivity index (χ1n) is 10.3. The average molecular weight is 385 g/mol. The average Bonchev–Trinajstić information content (AvgIpc) is 3.03. The molecule has 1 saturated heterocycles. The van der Waals surface area contributed by atoms with E-state index in [1.165, 1.54) is 12.8 Å². The molecule has 0 spiro atoms. The third-order valence-corrected chi connectivity index (χ3v) is 5.90. The number of nitrogens with two attached hydrogens (primary N) is 1. The van der Waals surface area contributed by atoms with E-state index in [-0.39, 0.29) is 11.6 Å². The zero-order valence-corrected chi connectivity index (χ0v) is 17.4. The van der Waals surface area contributed by atoms with Crippen molar-refractivity contribution in [2.45, 2.75) is 71.2 Å². The summed E-state index contributed by atoms with van der Waals surface area (Å²) < 4.78 is 4.09. The Morgan fingerprint density at radius 2 is 2.07 bits per heavy atom. The number of likely N-dealkylation sites (tertiary alicyclic amines) is 1. The maximum absolute atomic E-state index is 9.79. The Kier molecular flexibility index (Phi) is 4.83. The van der Waals surface area contributed by atoms with E-state index in [1.807, 2.05) is 23.0 Å². The largest absolute Gasteiger partial charge is 0.391 e. The first-order valence-corrected chi connectivity index (χ1v) is 10.3. The Hall–Kier alpha value is -2.12. The molecular formula is C21H32N6O. The number of nitrogen functional groups attached to an aromatic ring is 1. The molecule has 2 aromatic heterocycles. The number of nitrogens with zero attached hydrogens (tertiary/aromatic N) is 5. The molecule has 3 heterocycles. The Morgan fingerprint density at radius 3 is 2.79 bits per heavy atom. The lowest BCUT2D eigenvalue weighted by atomic mass is 10.0. The van der Waals surface area contributed by atoms with Crippen molar-refractivity contribution in [1.29, 1.82) is 0 Å². The minimum Gasteiger partial charge on any atom is -0.391 e. The normalized spacial score (nSPS) is 20.7. The lowest BCUT2D eigenvalue weighted by Gasteiger charge is -2.37. The van der Waals surface area contributed by atoms with Gasteiger partial charge in [0.25, 0.3) is 0 Å². The number of anilines is 1. The number of aromatic nitrogens is 4. The fourth-order valence-corrected chi connectivity index (χ4v) is 4.47. The molecule has 152 valence electrons. The zero-order valence-electron chi connectivity index (χ0n) is 17.4. The fourth-order valence-electron chi connectivity index (χ4n) is 4.47.